The van der Waals surface area contributed by atoms with E-state index in [4.69, 9.17) is 4.74 Å². The number of methoxy groups -OCH3 is 1. The first-order valence-corrected chi connectivity index (χ1v) is 12.1. The van der Waals surface area contributed by atoms with E-state index in [1.54, 1.807) is 7.11 Å². The van der Waals surface area contributed by atoms with Crippen LogP contribution in [-0.2, 0) is 0 Å². The van der Waals surface area contributed by atoms with Crippen molar-refractivity contribution in [3.05, 3.63) is 82.5 Å². The van der Waals surface area contributed by atoms with Crippen LogP contribution < -0.4 is 10.1 Å². The van der Waals surface area contributed by atoms with Crippen LogP contribution in [0.4, 0.5) is 5.69 Å². The molecule has 1 aromatic heterocycles. The minimum Gasteiger partial charge on any atom is -0.497 e. The summed E-state index contributed by atoms with van der Waals surface area (Å²) in [7, 11) is 1.66. The minimum atomic E-state index is -0.550. The number of hydrogen-bond acceptors (Lipinski definition) is 3. The number of anilines is 1. The molecule has 5 rings (SSSR count). The summed E-state index contributed by atoms with van der Waals surface area (Å²) in [6, 6.07) is 16.4. The van der Waals surface area contributed by atoms with E-state index in [1.807, 2.05) is 24.3 Å². The highest BCUT2D eigenvalue weighted by Gasteiger charge is 2.40. The van der Waals surface area contributed by atoms with Crippen LogP contribution in [0.25, 0.3) is 22.0 Å². The van der Waals surface area contributed by atoms with Crippen molar-refractivity contribution in [1.29, 1.82) is 0 Å². The second kappa shape index (κ2) is 8.52. The van der Waals surface area contributed by atoms with Crippen molar-refractivity contribution in [2.45, 2.75) is 52.2 Å². The molecule has 0 radical (unpaired) electrons. The lowest BCUT2D eigenvalue weighted by Crippen LogP contribution is -2.50. The van der Waals surface area contributed by atoms with Gasteiger partial charge in [0.2, 0.25) is 0 Å². The average Bonchev–Trinajstić information content (AvgIpc) is 3.23. The molecule has 0 saturated heterocycles. The Hall–Kier alpha value is -3.68. The molecule has 1 aliphatic heterocycles. The van der Waals surface area contributed by atoms with Crippen molar-refractivity contribution in [1.82, 2.24) is 4.98 Å². The molecule has 3 N–H and O–H groups in total. The van der Waals surface area contributed by atoms with Gasteiger partial charge < -0.3 is 20.1 Å². The standard InChI is InChI=1S/C31H32N2O2/c1-18-15-26(25-12-8-11-23-19(2)17-32-29(23)25)24(14-13-21-9-7-10-22(16-21)35-6)27-20(3)30(34)31(4,5)33-28(18)27/h7-12,15-17,20,30,32-34H,1-6H3/t20-,30?/m0/s1. The number of para-hydroxylation sites is 1. The maximum Gasteiger partial charge on any atom is 0.120 e. The lowest BCUT2D eigenvalue weighted by atomic mass is 9.75. The van der Waals surface area contributed by atoms with E-state index in [-0.39, 0.29) is 5.92 Å². The van der Waals surface area contributed by atoms with Gasteiger partial charge in [-0.15, -0.1) is 0 Å². The molecule has 1 unspecified atom stereocenters. The number of rotatable bonds is 2. The van der Waals surface area contributed by atoms with Gasteiger partial charge in [0.05, 0.1) is 24.3 Å². The normalized spacial score (nSPS) is 18.4. The number of benzene rings is 3. The fourth-order valence-electron chi connectivity index (χ4n) is 5.35. The van der Waals surface area contributed by atoms with Crippen LogP contribution in [0.1, 0.15) is 54.5 Å². The smallest absolute Gasteiger partial charge is 0.120 e. The van der Waals surface area contributed by atoms with E-state index in [9.17, 15) is 5.11 Å². The van der Waals surface area contributed by atoms with Gasteiger partial charge in [-0.2, -0.15) is 0 Å². The van der Waals surface area contributed by atoms with Crippen molar-refractivity contribution in [3.8, 4) is 28.7 Å². The molecule has 0 fully saturated rings. The first-order valence-electron chi connectivity index (χ1n) is 12.1. The lowest BCUT2D eigenvalue weighted by Gasteiger charge is -2.43. The minimum absolute atomic E-state index is 0.0842. The third kappa shape index (κ3) is 3.87. The van der Waals surface area contributed by atoms with Gasteiger partial charge in [0, 0.05) is 45.4 Å². The van der Waals surface area contributed by atoms with Gasteiger partial charge in [0.15, 0.2) is 0 Å². The fourth-order valence-corrected chi connectivity index (χ4v) is 5.35. The number of aliphatic hydroxyl groups excluding tert-OH is 1. The first kappa shape index (κ1) is 23.1. The topological polar surface area (TPSA) is 57.3 Å². The number of nitrogens with one attached hydrogen (secondary N) is 2. The quantitative estimate of drug-likeness (QED) is 0.296. The van der Waals surface area contributed by atoms with Crippen molar-refractivity contribution < 1.29 is 9.84 Å². The van der Waals surface area contributed by atoms with E-state index in [0.717, 1.165) is 50.3 Å². The molecular formula is C31H32N2O2. The number of H-pyrrole nitrogens is 1. The number of ether oxygens (including phenoxy) is 1. The third-order valence-electron chi connectivity index (χ3n) is 7.29. The molecule has 4 aromatic rings. The highest BCUT2D eigenvalue weighted by atomic mass is 16.5. The predicted molar refractivity (Wildman–Crippen MR) is 144 cm³/mol. The summed E-state index contributed by atoms with van der Waals surface area (Å²) in [4.78, 5) is 3.47. The Morgan fingerprint density at radius 2 is 1.74 bits per heavy atom. The van der Waals surface area contributed by atoms with Crippen molar-refractivity contribution in [3.63, 3.8) is 0 Å². The molecule has 0 bridgehead atoms. The van der Waals surface area contributed by atoms with Crippen molar-refractivity contribution >= 4 is 16.6 Å². The Morgan fingerprint density at radius 1 is 0.971 bits per heavy atom. The molecule has 2 heterocycles. The molecule has 4 nitrogen and oxygen atoms in total. The lowest BCUT2D eigenvalue weighted by molar-refractivity contribution is 0.0868. The van der Waals surface area contributed by atoms with Gasteiger partial charge in [-0.3, -0.25) is 0 Å². The molecule has 1 aliphatic rings. The predicted octanol–water partition coefficient (Wildman–Crippen LogP) is 6.53. The molecule has 0 amide bonds. The van der Waals surface area contributed by atoms with E-state index >= 15 is 0 Å². The SMILES string of the molecule is COc1cccc(C#Cc2c(-c3cccc4c(C)c[nH]c34)cc(C)c3c2[C@H](C)C(O)C(C)(C)N3)c1. The van der Waals surface area contributed by atoms with E-state index in [2.05, 4.69) is 87.2 Å². The van der Waals surface area contributed by atoms with E-state index < -0.39 is 11.6 Å². The number of aromatic amines is 1. The average molecular weight is 465 g/mol. The highest BCUT2D eigenvalue weighted by Crippen LogP contribution is 2.46. The second-order valence-electron chi connectivity index (χ2n) is 10.2. The van der Waals surface area contributed by atoms with Gasteiger partial charge in [-0.05, 0) is 68.7 Å². The highest BCUT2D eigenvalue weighted by molar-refractivity contribution is 5.98. The van der Waals surface area contributed by atoms with Gasteiger partial charge in [-0.25, -0.2) is 0 Å². The van der Waals surface area contributed by atoms with E-state index in [1.165, 1.54) is 10.9 Å². The summed E-state index contributed by atoms with van der Waals surface area (Å²) in [5.74, 6) is 7.58. The summed E-state index contributed by atoms with van der Waals surface area (Å²) in [6.45, 7) is 10.5. The number of fused-ring (bicyclic) bond motifs is 2. The van der Waals surface area contributed by atoms with Crippen LogP contribution in [-0.4, -0.2) is 28.8 Å². The number of aromatic nitrogens is 1. The summed E-state index contributed by atoms with van der Waals surface area (Å²) in [5, 5.41) is 16.0. The largest absolute Gasteiger partial charge is 0.497 e. The van der Waals surface area contributed by atoms with Crippen LogP contribution in [0, 0.1) is 25.7 Å². The Morgan fingerprint density at radius 3 is 2.51 bits per heavy atom. The Kier molecular flexibility index (Phi) is 5.62. The summed E-state index contributed by atoms with van der Waals surface area (Å²) < 4.78 is 5.40. The molecule has 0 saturated carbocycles. The maximum absolute atomic E-state index is 11.2. The maximum atomic E-state index is 11.2. The Balaban J connectivity index is 1.81. The first-order chi connectivity index (χ1) is 16.7. The molecule has 0 aliphatic carbocycles. The van der Waals surface area contributed by atoms with Gasteiger partial charge in [0.25, 0.3) is 0 Å². The van der Waals surface area contributed by atoms with Crippen LogP contribution in [0.15, 0.2) is 54.7 Å². The molecule has 178 valence electrons. The Labute approximate surface area is 207 Å². The number of hydrogen-bond donors (Lipinski definition) is 3. The molecule has 0 spiro atoms. The van der Waals surface area contributed by atoms with Crippen LogP contribution in [0.5, 0.6) is 5.75 Å². The summed E-state index contributed by atoms with van der Waals surface area (Å²) in [5.41, 5.74) is 9.19. The zero-order chi connectivity index (χ0) is 24.9. The van der Waals surface area contributed by atoms with Gasteiger partial charge >= 0.3 is 0 Å². The molecule has 2 atom stereocenters. The number of aryl methyl sites for hydroxylation is 2. The van der Waals surface area contributed by atoms with E-state index in [0.29, 0.717) is 0 Å². The zero-order valence-electron chi connectivity index (χ0n) is 21.2. The zero-order valence-corrected chi connectivity index (χ0v) is 21.2. The second-order valence-corrected chi connectivity index (χ2v) is 10.2. The molecule has 4 heteroatoms. The van der Waals surface area contributed by atoms with Gasteiger partial charge in [-0.1, -0.05) is 43.0 Å². The number of aliphatic hydroxyl groups is 1. The third-order valence-corrected chi connectivity index (χ3v) is 7.29. The van der Waals surface area contributed by atoms with Crippen LogP contribution in [0.3, 0.4) is 0 Å². The summed E-state index contributed by atoms with van der Waals surface area (Å²) in [6.07, 6.45) is 1.50. The van der Waals surface area contributed by atoms with Gasteiger partial charge in [0.1, 0.15) is 5.75 Å². The van der Waals surface area contributed by atoms with Crippen LogP contribution >= 0.6 is 0 Å². The Bertz CT molecular complexity index is 1500. The molecule has 35 heavy (non-hydrogen) atoms. The molecular weight excluding hydrogens is 432 g/mol. The fraction of sp³-hybridized carbons (Fsp3) is 0.290. The van der Waals surface area contributed by atoms with Crippen molar-refractivity contribution in [2.75, 3.05) is 12.4 Å². The monoisotopic (exact) mass is 464 g/mol. The van der Waals surface area contributed by atoms with Crippen molar-refractivity contribution in [2.24, 2.45) is 0 Å². The molecule has 3 aromatic carbocycles. The summed E-state index contributed by atoms with van der Waals surface area (Å²) >= 11 is 0. The van der Waals surface area contributed by atoms with Crippen LogP contribution in [0.2, 0.25) is 0 Å².